The van der Waals surface area contributed by atoms with Gasteiger partial charge in [0.25, 0.3) is 0 Å². The molecule has 0 radical (unpaired) electrons. The van der Waals surface area contributed by atoms with Crippen molar-refractivity contribution in [3.63, 3.8) is 0 Å². The van der Waals surface area contributed by atoms with E-state index >= 15 is 0 Å². The van der Waals surface area contributed by atoms with E-state index in [1.54, 1.807) is 0 Å². The Kier molecular flexibility index (Phi) is 11.9. The SMILES string of the molecule is BrBr.[Br-].c1ccc(C[n+]2c(-c3ccccc3)c(-c3ccccc3)c(-c3ccccc3)c(-c3ccccc3)c2-c2ccccc2)cc1. The van der Waals surface area contributed by atoms with Crippen molar-refractivity contribution in [2.45, 2.75) is 6.54 Å². The Morgan fingerprint density at radius 1 is 0.326 bits per heavy atom. The van der Waals surface area contributed by atoms with Crippen LogP contribution in [0.4, 0.5) is 0 Å². The van der Waals surface area contributed by atoms with Gasteiger partial charge in [-0.25, -0.2) is 0 Å². The van der Waals surface area contributed by atoms with Crippen molar-refractivity contribution in [2.24, 2.45) is 0 Å². The highest BCUT2D eigenvalue weighted by Gasteiger charge is 2.34. The number of rotatable bonds is 7. The fraction of sp³-hybridized carbons (Fsp3) is 0.0238. The number of benzene rings is 6. The summed E-state index contributed by atoms with van der Waals surface area (Å²) in [5.74, 6) is 0. The van der Waals surface area contributed by atoms with Gasteiger partial charge >= 0.3 is 0 Å². The fourth-order valence-corrected chi connectivity index (χ4v) is 6.13. The molecule has 0 spiro atoms. The first-order chi connectivity index (χ1) is 22.4. The van der Waals surface area contributed by atoms with Gasteiger partial charge in [-0.05, 0) is 41.0 Å². The van der Waals surface area contributed by atoms with Gasteiger partial charge in [0.2, 0.25) is 11.4 Å². The van der Waals surface area contributed by atoms with E-state index < -0.39 is 0 Å². The summed E-state index contributed by atoms with van der Waals surface area (Å²) in [6, 6.07) is 65.2. The predicted octanol–water partition coefficient (Wildman–Crippen LogP) is 9.05. The van der Waals surface area contributed by atoms with E-state index in [0.717, 1.165) is 6.54 Å². The van der Waals surface area contributed by atoms with E-state index in [0.29, 0.717) is 0 Å². The molecule has 0 aliphatic heterocycles. The van der Waals surface area contributed by atoms with Crippen LogP contribution in [0.15, 0.2) is 182 Å². The first-order valence-corrected chi connectivity index (χ1v) is 18.7. The highest BCUT2D eigenvalue weighted by molar-refractivity contribution is 9.93. The highest BCUT2D eigenvalue weighted by atomic mass is 80.9. The van der Waals surface area contributed by atoms with Crippen molar-refractivity contribution in [1.29, 1.82) is 0 Å². The molecule has 6 aromatic carbocycles. The van der Waals surface area contributed by atoms with Gasteiger partial charge in [0, 0.05) is 50.5 Å². The van der Waals surface area contributed by atoms with Crippen LogP contribution >= 0.6 is 28.3 Å². The Morgan fingerprint density at radius 2 is 0.587 bits per heavy atom. The van der Waals surface area contributed by atoms with Crippen LogP contribution in [0, 0.1) is 0 Å². The van der Waals surface area contributed by atoms with Crippen LogP contribution in [0.5, 0.6) is 0 Å². The Labute approximate surface area is 297 Å². The molecule has 0 fully saturated rings. The van der Waals surface area contributed by atoms with Crippen LogP contribution in [-0.2, 0) is 6.54 Å². The second-order valence-corrected chi connectivity index (χ2v) is 10.7. The standard InChI is InChI=1S/C42H32N.Br2.BrH/c1-7-19-32(20-8-1)31-43-41(36-27-15-5-16-28-36)39(34-23-11-3-12-24-34)38(33-21-9-2-10-22-33)40(35-25-13-4-14-26-35)42(43)37-29-17-6-18-30-37;1-2;/h1-30H,31H2;;1H/q+1;;/p-1. The van der Waals surface area contributed by atoms with Crippen molar-refractivity contribution >= 4 is 28.3 Å². The molecule has 0 bridgehead atoms. The average Bonchev–Trinajstić information content (AvgIpc) is 3.14. The molecule has 0 aliphatic rings. The average molecular weight is 790 g/mol. The third-order valence-electron chi connectivity index (χ3n) is 7.98. The van der Waals surface area contributed by atoms with E-state index in [-0.39, 0.29) is 17.0 Å². The molecule has 7 rings (SSSR count). The second kappa shape index (κ2) is 16.5. The normalized spacial score (nSPS) is 10.3. The van der Waals surface area contributed by atoms with Gasteiger partial charge in [-0.15, -0.1) is 0 Å². The smallest absolute Gasteiger partial charge is 0.221 e. The summed E-state index contributed by atoms with van der Waals surface area (Å²) in [5.41, 5.74) is 13.3. The van der Waals surface area contributed by atoms with Gasteiger partial charge in [-0.1, -0.05) is 158 Å². The molecule has 0 aliphatic carbocycles. The molecule has 1 nitrogen and oxygen atoms in total. The zero-order valence-electron chi connectivity index (χ0n) is 25.1. The van der Waals surface area contributed by atoms with Crippen molar-refractivity contribution in [1.82, 2.24) is 0 Å². The van der Waals surface area contributed by atoms with Crippen molar-refractivity contribution in [3.8, 4) is 55.9 Å². The van der Waals surface area contributed by atoms with Crippen molar-refractivity contribution in [2.75, 3.05) is 0 Å². The summed E-state index contributed by atoms with van der Waals surface area (Å²) in [6.45, 7) is 0.726. The molecule has 0 unspecified atom stereocenters. The number of hydrogen-bond donors (Lipinski definition) is 0. The number of nitrogens with zero attached hydrogens (tertiary/aromatic N) is 1. The molecule has 1 heterocycles. The van der Waals surface area contributed by atoms with Gasteiger partial charge in [0.05, 0.1) is 11.1 Å². The molecule has 0 saturated heterocycles. The molecular formula is C42H32Br3N. The van der Waals surface area contributed by atoms with E-state index in [4.69, 9.17) is 0 Å². The Morgan fingerprint density at radius 3 is 0.913 bits per heavy atom. The maximum atomic E-state index is 2.75. The third kappa shape index (κ3) is 7.15. The molecule has 7 aromatic rings. The molecule has 0 N–H and O–H groups in total. The molecule has 0 atom stereocenters. The van der Waals surface area contributed by atoms with Crippen LogP contribution in [0.1, 0.15) is 5.56 Å². The Bertz CT molecular complexity index is 1840. The van der Waals surface area contributed by atoms with Crippen LogP contribution < -0.4 is 21.5 Å². The van der Waals surface area contributed by atoms with Crippen LogP contribution in [0.2, 0.25) is 0 Å². The number of halogens is 3. The lowest BCUT2D eigenvalue weighted by Gasteiger charge is -2.23. The first kappa shape index (κ1) is 33.3. The minimum absolute atomic E-state index is 0. The van der Waals surface area contributed by atoms with Gasteiger partial charge in [-0.2, -0.15) is 4.57 Å². The summed E-state index contributed by atoms with van der Waals surface area (Å²) in [5, 5.41) is 0. The summed E-state index contributed by atoms with van der Waals surface area (Å²) in [6.07, 6.45) is 0. The molecule has 4 heteroatoms. The summed E-state index contributed by atoms with van der Waals surface area (Å²) in [4.78, 5) is 0. The quantitative estimate of drug-likeness (QED) is 0.142. The lowest BCUT2D eigenvalue weighted by atomic mass is 9.82. The van der Waals surface area contributed by atoms with E-state index in [1.807, 2.05) is 0 Å². The van der Waals surface area contributed by atoms with Gasteiger partial charge in [-0.3, -0.25) is 0 Å². The number of hydrogen-bond acceptors (Lipinski definition) is 0. The molecule has 0 saturated carbocycles. The van der Waals surface area contributed by atoms with Gasteiger partial charge < -0.3 is 17.0 Å². The third-order valence-corrected chi connectivity index (χ3v) is 7.98. The predicted molar refractivity (Wildman–Crippen MR) is 197 cm³/mol. The molecule has 0 amide bonds. The summed E-state index contributed by atoms with van der Waals surface area (Å²) in [7, 11) is 0. The topological polar surface area (TPSA) is 3.88 Å². The van der Waals surface area contributed by atoms with Crippen LogP contribution in [0.3, 0.4) is 0 Å². The number of aromatic nitrogens is 1. The second-order valence-electron chi connectivity index (χ2n) is 10.7. The first-order valence-electron chi connectivity index (χ1n) is 15.0. The van der Waals surface area contributed by atoms with E-state index in [1.165, 1.54) is 61.5 Å². The zero-order valence-corrected chi connectivity index (χ0v) is 29.9. The summed E-state index contributed by atoms with van der Waals surface area (Å²) < 4.78 is 2.55. The zero-order chi connectivity index (χ0) is 30.8. The van der Waals surface area contributed by atoms with Crippen molar-refractivity contribution < 1.29 is 21.5 Å². The maximum Gasteiger partial charge on any atom is 0.221 e. The lowest BCUT2D eigenvalue weighted by molar-refractivity contribution is -0.665. The molecule has 226 valence electrons. The van der Waals surface area contributed by atoms with Gasteiger partial charge in [0.1, 0.15) is 0 Å². The minimum Gasteiger partial charge on any atom is -1.00 e. The maximum absolute atomic E-state index is 2.75. The molecule has 46 heavy (non-hydrogen) atoms. The number of pyridine rings is 1. The molecular weight excluding hydrogens is 758 g/mol. The lowest BCUT2D eigenvalue weighted by Crippen LogP contribution is -3.00. The van der Waals surface area contributed by atoms with Crippen molar-refractivity contribution in [3.05, 3.63) is 188 Å². The highest BCUT2D eigenvalue weighted by Crippen LogP contribution is 2.47. The summed E-state index contributed by atoms with van der Waals surface area (Å²) >= 11 is 5.50. The minimum atomic E-state index is 0. The Hall–Kier alpha value is -4.09. The van der Waals surface area contributed by atoms with E-state index in [2.05, 4.69) is 215 Å². The molecule has 1 aromatic heterocycles. The Balaban J connectivity index is 0.00000136. The monoisotopic (exact) mass is 787 g/mol. The van der Waals surface area contributed by atoms with E-state index in [9.17, 15) is 0 Å². The van der Waals surface area contributed by atoms with Crippen LogP contribution in [-0.4, -0.2) is 0 Å². The fourth-order valence-electron chi connectivity index (χ4n) is 6.13. The van der Waals surface area contributed by atoms with Crippen LogP contribution in [0.25, 0.3) is 55.9 Å². The largest absolute Gasteiger partial charge is 1.00 e. The van der Waals surface area contributed by atoms with Gasteiger partial charge in [0.15, 0.2) is 6.54 Å².